The Labute approximate surface area is 118 Å². The minimum atomic E-state index is 0.481. The summed E-state index contributed by atoms with van der Waals surface area (Å²) in [6.45, 7) is 9.06. The lowest BCUT2D eigenvalue weighted by Crippen LogP contribution is -2.53. The number of nitrogens with zero attached hydrogens (tertiary/aromatic N) is 2. The monoisotopic (exact) mass is 287 g/mol. The van der Waals surface area contributed by atoms with Crippen molar-refractivity contribution in [1.82, 2.24) is 15.2 Å². The topological polar surface area (TPSA) is 28.2 Å². The van der Waals surface area contributed by atoms with E-state index >= 15 is 0 Å². The minimum absolute atomic E-state index is 0.481. The Balaban J connectivity index is 2.18. The fraction of sp³-hybridized carbons (Fsp3) is 0.615. The van der Waals surface area contributed by atoms with Gasteiger partial charge >= 0.3 is 0 Å². The Morgan fingerprint density at radius 1 is 1.44 bits per heavy atom. The van der Waals surface area contributed by atoms with Crippen molar-refractivity contribution in [1.29, 1.82) is 0 Å². The predicted molar refractivity (Wildman–Crippen MR) is 76.3 cm³/mol. The zero-order valence-electron chi connectivity index (χ0n) is 11.0. The molecule has 1 fully saturated rings. The van der Waals surface area contributed by atoms with Crippen molar-refractivity contribution >= 4 is 23.2 Å². The third-order valence-electron chi connectivity index (χ3n) is 3.40. The molecule has 0 radical (unpaired) electrons. The molecule has 0 saturated carbocycles. The van der Waals surface area contributed by atoms with Crippen molar-refractivity contribution in [2.24, 2.45) is 0 Å². The van der Waals surface area contributed by atoms with Gasteiger partial charge in [0.25, 0.3) is 0 Å². The van der Waals surface area contributed by atoms with E-state index in [1.54, 1.807) is 0 Å². The third kappa shape index (κ3) is 3.15. The SMILES string of the molecule is Cc1cc(Cl)c(CN2CC(C)NCC2C)c(Cl)n1. The Kier molecular flexibility index (Phi) is 4.49. The molecule has 0 aromatic carbocycles. The third-order valence-corrected chi connectivity index (χ3v) is 4.05. The van der Waals surface area contributed by atoms with E-state index in [0.29, 0.717) is 22.3 Å². The van der Waals surface area contributed by atoms with Crippen molar-refractivity contribution in [2.75, 3.05) is 13.1 Å². The van der Waals surface area contributed by atoms with Crippen molar-refractivity contribution in [3.63, 3.8) is 0 Å². The van der Waals surface area contributed by atoms with Crippen molar-refractivity contribution < 1.29 is 0 Å². The molecule has 0 aliphatic carbocycles. The van der Waals surface area contributed by atoms with Crippen LogP contribution in [0.25, 0.3) is 0 Å². The van der Waals surface area contributed by atoms with E-state index in [1.165, 1.54) is 0 Å². The van der Waals surface area contributed by atoms with Gasteiger partial charge in [-0.1, -0.05) is 23.2 Å². The van der Waals surface area contributed by atoms with Gasteiger partial charge in [-0.15, -0.1) is 0 Å². The highest BCUT2D eigenvalue weighted by atomic mass is 35.5. The molecule has 0 amide bonds. The summed E-state index contributed by atoms with van der Waals surface area (Å²) in [6, 6.07) is 2.85. The lowest BCUT2D eigenvalue weighted by atomic mass is 10.1. The molecule has 2 atom stereocenters. The van der Waals surface area contributed by atoms with E-state index in [4.69, 9.17) is 23.2 Å². The van der Waals surface area contributed by atoms with Gasteiger partial charge in [0.15, 0.2) is 0 Å². The molecule has 2 heterocycles. The summed E-state index contributed by atoms with van der Waals surface area (Å²) in [4.78, 5) is 6.68. The standard InChI is InChI=1S/C13H19Cl2N3/c1-8-4-12(14)11(13(15)17-8)7-18-6-9(2)16-5-10(18)3/h4,9-10,16H,5-7H2,1-3H3. The molecule has 1 saturated heterocycles. The van der Waals surface area contributed by atoms with Gasteiger partial charge in [0.1, 0.15) is 5.15 Å². The van der Waals surface area contributed by atoms with E-state index in [9.17, 15) is 0 Å². The molecule has 5 heteroatoms. The summed E-state index contributed by atoms with van der Waals surface area (Å²) in [5.74, 6) is 0. The lowest BCUT2D eigenvalue weighted by molar-refractivity contribution is 0.139. The second-order valence-corrected chi connectivity index (χ2v) is 5.87. The Bertz CT molecular complexity index is 413. The van der Waals surface area contributed by atoms with Gasteiger partial charge in [0.05, 0.1) is 0 Å². The number of nitrogens with one attached hydrogen (secondary N) is 1. The highest BCUT2D eigenvalue weighted by molar-refractivity contribution is 6.35. The van der Waals surface area contributed by atoms with Gasteiger partial charge in [-0.3, -0.25) is 4.90 Å². The maximum atomic E-state index is 6.27. The molecule has 100 valence electrons. The van der Waals surface area contributed by atoms with Crippen LogP contribution in [0.5, 0.6) is 0 Å². The van der Waals surface area contributed by atoms with E-state index < -0.39 is 0 Å². The molecule has 1 N–H and O–H groups in total. The van der Waals surface area contributed by atoms with Gasteiger partial charge in [0.2, 0.25) is 0 Å². The number of rotatable bonds is 2. The molecule has 1 aliphatic rings. The molecule has 0 bridgehead atoms. The molecule has 2 rings (SSSR count). The van der Waals surface area contributed by atoms with Crippen LogP contribution in [0.2, 0.25) is 10.2 Å². The average Bonchev–Trinajstić information content (AvgIpc) is 2.28. The second-order valence-electron chi connectivity index (χ2n) is 5.10. The first-order valence-corrected chi connectivity index (χ1v) is 7.02. The van der Waals surface area contributed by atoms with E-state index in [1.807, 2.05) is 13.0 Å². The quantitative estimate of drug-likeness (QED) is 0.848. The van der Waals surface area contributed by atoms with Crippen molar-refractivity contribution in [3.05, 3.63) is 27.5 Å². The highest BCUT2D eigenvalue weighted by Gasteiger charge is 2.24. The Hall–Kier alpha value is -0.350. The summed E-state index contributed by atoms with van der Waals surface area (Å²) >= 11 is 12.5. The smallest absolute Gasteiger partial charge is 0.135 e. The van der Waals surface area contributed by atoms with E-state index in [2.05, 4.69) is 29.0 Å². The second kappa shape index (κ2) is 5.74. The van der Waals surface area contributed by atoms with Gasteiger partial charge in [-0.2, -0.15) is 0 Å². The summed E-state index contributed by atoms with van der Waals surface area (Å²) < 4.78 is 0. The molecule has 0 spiro atoms. The molecule has 18 heavy (non-hydrogen) atoms. The fourth-order valence-electron chi connectivity index (χ4n) is 2.28. The number of hydrogen-bond donors (Lipinski definition) is 1. The number of pyridine rings is 1. The van der Waals surface area contributed by atoms with Crippen LogP contribution < -0.4 is 5.32 Å². The molecule has 1 aromatic rings. The van der Waals surface area contributed by atoms with Gasteiger partial charge in [-0.05, 0) is 26.8 Å². The van der Waals surface area contributed by atoms with Gasteiger partial charge in [0, 0.05) is 48.0 Å². The maximum Gasteiger partial charge on any atom is 0.135 e. The molecule has 2 unspecified atom stereocenters. The predicted octanol–water partition coefficient (Wildman–Crippen LogP) is 2.88. The first-order valence-electron chi connectivity index (χ1n) is 6.26. The first kappa shape index (κ1) is 14.1. The van der Waals surface area contributed by atoms with Crippen molar-refractivity contribution in [2.45, 2.75) is 39.4 Å². The Morgan fingerprint density at radius 2 is 2.17 bits per heavy atom. The first-order chi connectivity index (χ1) is 8.47. The summed E-state index contributed by atoms with van der Waals surface area (Å²) in [5, 5.41) is 4.70. The summed E-state index contributed by atoms with van der Waals surface area (Å²) in [7, 11) is 0. The number of aromatic nitrogens is 1. The van der Waals surface area contributed by atoms with Crippen LogP contribution in [0.1, 0.15) is 25.1 Å². The summed E-state index contributed by atoms with van der Waals surface area (Å²) in [5.41, 5.74) is 1.79. The largest absolute Gasteiger partial charge is 0.311 e. The Morgan fingerprint density at radius 3 is 2.83 bits per heavy atom. The molecular formula is C13H19Cl2N3. The van der Waals surface area contributed by atoms with Gasteiger partial charge in [-0.25, -0.2) is 4.98 Å². The minimum Gasteiger partial charge on any atom is -0.311 e. The van der Waals surface area contributed by atoms with Crippen LogP contribution in [-0.2, 0) is 6.54 Å². The zero-order chi connectivity index (χ0) is 13.3. The number of hydrogen-bond acceptors (Lipinski definition) is 3. The molecule has 1 aliphatic heterocycles. The zero-order valence-corrected chi connectivity index (χ0v) is 12.5. The molecule has 3 nitrogen and oxygen atoms in total. The highest BCUT2D eigenvalue weighted by Crippen LogP contribution is 2.26. The van der Waals surface area contributed by atoms with Crippen LogP contribution in [0, 0.1) is 6.92 Å². The van der Waals surface area contributed by atoms with Crippen LogP contribution >= 0.6 is 23.2 Å². The van der Waals surface area contributed by atoms with Crippen LogP contribution in [-0.4, -0.2) is 35.1 Å². The van der Waals surface area contributed by atoms with Crippen LogP contribution in [0.3, 0.4) is 0 Å². The van der Waals surface area contributed by atoms with Crippen molar-refractivity contribution in [3.8, 4) is 0 Å². The van der Waals surface area contributed by atoms with E-state index in [0.717, 1.165) is 30.9 Å². The average molecular weight is 288 g/mol. The molecular weight excluding hydrogens is 269 g/mol. The fourth-order valence-corrected chi connectivity index (χ4v) is 2.94. The summed E-state index contributed by atoms with van der Waals surface area (Å²) in [6.07, 6.45) is 0. The number of halogens is 2. The van der Waals surface area contributed by atoms with E-state index in [-0.39, 0.29) is 0 Å². The maximum absolute atomic E-state index is 6.27. The molecule has 1 aromatic heterocycles. The number of piperazine rings is 1. The normalized spacial score (nSPS) is 25.4. The lowest BCUT2D eigenvalue weighted by Gasteiger charge is -2.37. The number of aryl methyl sites for hydroxylation is 1. The van der Waals surface area contributed by atoms with Crippen LogP contribution in [0.15, 0.2) is 6.07 Å². The van der Waals surface area contributed by atoms with Crippen LogP contribution in [0.4, 0.5) is 0 Å². The van der Waals surface area contributed by atoms with Gasteiger partial charge < -0.3 is 5.32 Å².